The van der Waals surface area contributed by atoms with E-state index in [2.05, 4.69) is 31.3 Å². The fourth-order valence-corrected chi connectivity index (χ4v) is 4.05. The lowest BCUT2D eigenvalue weighted by Crippen LogP contribution is -2.23. The molecule has 0 saturated carbocycles. The number of carbonyl (C=O) groups is 1. The Hall–Kier alpha value is -4.85. The first-order valence-electron chi connectivity index (χ1n) is 11.0. The summed E-state index contributed by atoms with van der Waals surface area (Å²) in [5, 5.41) is 26.9. The minimum absolute atomic E-state index is 0.0917. The zero-order valence-electron chi connectivity index (χ0n) is 18.6. The summed E-state index contributed by atoms with van der Waals surface area (Å²) in [7, 11) is 0. The van der Waals surface area contributed by atoms with E-state index in [-0.39, 0.29) is 11.9 Å². The van der Waals surface area contributed by atoms with Gasteiger partial charge in [-0.15, -0.1) is 5.10 Å². The highest BCUT2D eigenvalue weighted by Gasteiger charge is 2.28. The molecule has 0 aliphatic carbocycles. The molecule has 0 spiro atoms. The average Bonchev–Trinajstić information content (AvgIpc) is 3.54. The van der Waals surface area contributed by atoms with Crippen LogP contribution in [0.1, 0.15) is 17.7 Å². The van der Waals surface area contributed by atoms with Gasteiger partial charge >= 0.3 is 5.97 Å². The molecule has 0 unspecified atom stereocenters. The number of pyridine rings is 1. The summed E-state index contributed by atoms with van der Waals surface area (Å²) in [5.74, 6) is -0.301. The van der Waals surface area contributed by atoms with E-state index in [1.54, 1.807) is 35.1 Å². The van der Waals surface area contributed by atoms with Gasteiger partial charge in [0.1, 0.15) is 11.5 Å². The summed E-state index contributed by atoms with van der Waals surface area (Å²) in [5.41, 5.74) is 9.61. The second-order valence-electron chi connectivity index (χ2n) is 8.25. The largest absolute Gasteiger partial charge is 0.481 e. The minimum Gasteiger partial charge on any atom is -0.481 e. The summed E-state index contributed by atoms with van der Waals surface area (Å²) in [4.78, 5) is 26.5. The third-order valence-corrected chi connectivity index (χ3v) is 5.81. The molecule has 11 heteroatoms. The van der Waals surface area contributed by atoms with Crippen molar-refractivity contribution in [3.05, 3.63) is 66.0 Å². The van der Waals surface area contributed by atoms with Crippen LogP contribution in [0.3, 0.4) is 0 Å². The Balaban J connectivity index is 1.35. The van der Waals surface area contributed by atoms with E-state index < -0.39 is 5.97 Å². The van der Waals surface area contributed by atoms with Crippen LogP contribution < -0.4 is 10.6 Å². The number of rotatable bonds is 6. The predicted octanol–water partition coefficient (Wildman–Crippen LogP) is 2.21. The number of carboxylic acid groups (broad SMARTS) is 1. The monoisotopic (exact) mass is 467 g/mol. The number of carboxylic acids is 1. The predicted molar refractivity (Wildman–Crippen MR) is 127 cm³/mol. The van der Waals surface area contributed by atoms with Crippen molar-refractivity contribution < 1.29 is 9.90 Å². The Morgan fingerprint density at radius 3 is 2.74 bits per heavy atom. The van der Waals surface area contributed by atoms with Crippen molar-refractivity contribution in [3.8, 4) is 28.7 Å². The zero-order valence-corrected chi connectivity index (χ0v) is 18.6. The Labute approximate surface area is 200 Å². The highest BCUT2D eigenvalue weighted by molar-refractivity contribution is 5.72. The number of nitrogens with zero attached hydrogens (tertiary/aromatic N) is 8. The molecule has 3 aromatic heterocycles. The molecule has 1 aliphatic rings. The van der Waals surface area contributed by atoms with Crippen LogP contribution in [0.15, 0.2) is 54.7 Å². The lowest BCUT2D eigenvalue weighted by molar-refractivity contribution is -0.140. The molecule has 1 fully saturated rings. The van der Waals surface area contributed by atoms with Crippen molar-refractivity contribution in [1.82, 2.24) is 29.9 Å². The smallest absolute Gasteiger partial charge is 0.308 e. The standard InChI is InChI=1S/C24H21N9O2/c25-11-15-3-1-4-16(9-15)19-10-20(29-24(26)28-19)21-14-33(31-30-21)13-18-5-2-6-22(27-18)32-8-7-17(12-32)23(34)35/h1-6,9-10,14,17H,7-8,12-13H2,(H,34,35)(H2,26,28,29)/t17-/m0/s1. The van der Waals surface area contributed by atoms with Crippen molar-refractivity contribution >= 4 is 17.7 Å². The van der Waals surface area contributed by atoms with Crippen LogP contribution in [0.2, 0.25) is 0 Å². The molecule has 11 nitrogen and oxygen atoms in total. The number of nitrogens with two attached hydrogens (primary N) is 1. The number of nitriles is 1. The number of nitrogen functional groups attached to an aromatic ring is 1. The van der Waals surface area contributed by atoms with Gasteiger partial charge in [-0.2, -0.15) is 5.26 Å². The lowest BCUT2D eigenvalue weighted by atomic mass is 10.1. The molecule has 35 heavy (non-hydrogen) atoms. The van der Waals surface area contributed by atoms with Gasteiger partial charge in [0.2, 0.25) is 5.95 Å². The molecule has 4 heterocycles. The molecule has 0 bridgehead atoms. The average molecular weight is 467 g/mol. The number of anilines is 2. The lowest BCUT2D eigenvalue weighted by Gasteiger charge is -2.17. The van der Waals surface area contributed by atoms with E-state index >= 15 is 0 Å². The Bertz CT molecular complexity index is 1440. The van der Waals surface area contributed by atoms with Gasteiger partial charge in [-0.25, -0.2) is 19.6 Å². The number of hydrogen-bond acceptors (Lipinski definition) is 9. The van der Waals surface area contributed by atoms with Gasteiger partial charge in [0.15, 0.2) is 0 Å². The first-order chi connectivity index (χ1) is 17.0. The summed E-state index contributed by atoms with van der Waals surface area (Å²) in [6.07, 6.45) is 2.36. The molecule has 1 saturated heterocycles. The van der Waals surface area contributed by atoms with Gasteiger partial charge in [-0.1, -0.05) is 23.4 Å². The first kappa shape index (κ1) is 22.0. The third-order valence-electron chi connectivity index (χ3n) is 5.81. The maximum atomic E-state index is 11.3. The molecule has 4 aromatic rings. The normalized spacial score (nSPS) is 15.2. The second-order valence-corrected chi connectivity index (χ2v) is 8.25. The highest BCUT2D eigenvalue weighted by atomic mass is 16.4. The maximum Gasteiger partial charge on any atom is 0.308 e. The molecule has 0 amide bonds. The van der Waals surface area contributed by atoms with Crippen LogP contribution >= 0.6 is 0 Å². The Morgan fingerprint density at radius 2 is 1.94 bits per heavy atom. The number of hydrogen-bond donors (Lipinski definition) is 2. The molecule has 1 atom stereocenters. The van der Waals surface area contributed by atoms with Gasteiger partial charge in [0, 0.05) is 18.7 Å². The first-order valence-corrected chi connectivity index (χ1v) is 11.0. The van der Waals surface area contributed by atoms with Crippen molar-refractivity contribution in [2.75, 3.05) is 23.7 Å². The van der Waals surface area contributed by atoms with Crippen LogP contribution in [0.25, 0.3) is 22.6 Å². The highest BCUT2D eigenvalue weighted by Crippen LogP contribution is 2.25. The maximum absolute atomic E-state index is 11.3. The summed E-state index contributed by atoms with van der Waals surface area (Å²) >= 11 is 0. The molecule has 1 aromatic carbocycles. The molecular formula is C24H21N9O2. The van der Waals surface area contributed by atoms with E-state index in [9.17, 15) is 15.2 Å². The van der Waals surface area contributed by atoms with Gasteiger partial charge in [0.05, 0.1) is 47.4 Å². The quantitative estimate of drug-likeness (QED) is 0.430. The molecule has 1 aliphatic heterocycles. The summed E-state index contributed by atoms with van der Waals surface area (Å²) in [6, 6.07) is 16.6. The fraction of sp³-hybridized carbons (Fsp3) is 0.208. The van der Waals surface area contributed by atoms with Crippen LogP contribution in [0.5, 0.6) is 0 Å². The van der Waals surface area contributed by atoms with Crippen LogP contribution in [0, 0.1) is 17.2 Å². The van der Waals surface area contributed by atoms with Gasteiger partial charge < -0.3 is 15.7 Å². The molecule has 5 rings (SSSR count). The Kier molecular flexibility index (Phi) is 5.76. The topological polar surface area (TPSA) is 160 Å². The van der Waals surface area contributed by atoms with Crippen molar-refractivity contribution in [3.63, 3.8) is 0 Å². The molecular weight excluding hydrogens is 446 g/mol. The zero-order chi connectivity index (χ0) is 24.4. The van der Waals surface area contributed by atoms with Crippen LogP contribution in [0.4, 0.5) is 11.8 Å². The molecule has 174 valence electrons. The van der Waals surface area contributed by atoms with E-state index in [1.807, 2.05) is 29.2 Å². The third kappa shape index (κ3) is 4.77. The van der Waals surface area contributed by atoms with Crippen LogP contribution in [-0.4, -0.2) is 54.1 Å². The van der Waals surface area contributed by atoms with Gasteiger partial charge in [0.25, 0.3) is 0 Å². The van der Waals surface area contributed by atoms with Crippen molar-refractivity contribution in [1.29, 1.82) is 5.26 Å². The van der Waals surface area contributed by atoms with Gasteiger partial charge in [-0.05, 0) is 36.8 Å². The van der Waals surface area contributed by atoms with E-state index in [0.717, 1.165) is 17.1 Å². The second kappa shape index (κ2) is 9.18. The van der Waals surface area contributed by atoms with Gasteiger partial charge in [-0.3, -0.25) is 4.79 Å². The SMILES string of the molecule is N#Cc1cccc(-c2cc(-c3cn(Cc4cccc(N5CC[C@H](C(=O)O)C5)n4)nn3)nc(N)n2)c1. The van der Waals surface area contributed by atoms with Crippen LogP contribution in [-0.2, 0) is 11.3 Å². The molecule has 3 N–H and O–H groups in total. The van der Waals surface area contributed by atoms with Crippen molar-refractivity contribution in [2.45, 2.75) is 13.0 Å². The number of benzene rings is 1. The number of aromatic nitrogens is 6. The van der Waals surface area contributed by atoms with Crippen molar-refractivity contribution in [2.24, 2.45) is 5.92 Å². The molecule has 0 radical (unpaired) electrons. The van der Waals surface area contributed by atoms with E-state index in [0.29, 0.717) is 48.7 Å². The van der Waals surface area contributed by atoms with E-state index in [4.69, 9.17) is 5.73 Å². The van der Waals surface area contributed by atoms with E-state index in [1.165, 1.54) is 0 Å². The Morgan fingerprint density at radius 1 is 1.11 bits per heavy atom. The number of aliphatic carboxylic acids is 1. The summed E-state index contributed by atoms with van der Waals surface area (Å²) < 4.78 is 1.65. The summed E-state index contributed by atoms with van der Waals surface area (Å²) in [6.45, 7) is 1.50. The fourth-order valence-electron chi connectivity index (χ4n) is 4.05. The minimum atomic E-state index is -0.773.